The molecular formula is C12H14BrNO3. The monoisotopic (exact) mass is 299 g/mol. The van der Waals surface area contributed by atoms with Gasteiger partial charge in [-0.2, -0.15) is 0 Å². The normalized spacial score (nSPS) is 19.2. The number of ether oxygens (including phenoxy) is 3. The molecule has 1 fully saturated rings. The van der Waals surface area contributed by atoms with Gasteiger partial charge in [-0.15, -0.1) is 0 Å². The highest BCUT2D eigenvalue weighted by Gasteiger charge is 2.46. The van der Waals surface area contributed by atoms with E-state index in [4.69, 9.17) is 19.9 Å². The van der Waals surface area contributed by atoms with Gasteiger partial charge in [0.05, 0.1) is 7.11 Å². The molecule has 1 aliphatic carbocycles. The van der Waals surface area contributed by atoms with Gasteiger partial charge in [-0.3, -0.25) is 0 Å². The van der Waals surface area contributed by atoms with Gasteiger partial charge in [-0.05, 0) is 34.8 Å². The van der Waals surface area contributed by atoms with Crippen LogP contribution in [0.25, 0.3) is 0 Å². The van der Waals surface area contributed by atoms with Crippen LogP contribution < -0.4 is 19.9 Å². The lowest BCUT2D eigenvalue weighted by molar-refractivity contribution is 0.173. The maximum Gasteiger partial charge on any atom is 0.231 e. The number of benzene rings is 1. The van der Waals surface area contributed by atoms with Crippen molar-refractivity contribution in [2.24, 2.45) is 5.73 Å². The lowest BCUT2D eigenvalue weighted by atomic mass is 9.94. The summed E-state index contributed by atoms with van der Waals surface area (Å²) in [4.78, 5) is 0. The molecule has 0 aromatic heterocycles. The summed E-state index contributed by atoms with van der Waals surface area (Å²) >= 11 is 3.52. The Kier molecular flexibility index (Phi) is 2.48. The fraction of sp³-hybridized carbons (Fsp3) is 0.500. The fourth-order valence-corrected chi connectivity index (χ4v) is 3.00. The molecule has 92 valence electrons. The third-order valence-corrected chi connectivity index (χ3v) is 4.30. The van der Waals surface area contributed by atoms with E-state index in [1.165, 1.54) is 0 Å². The van der Waals surface area contributed by atoms with E-state index in [1.54, 1.807) is 7.11 Å². The van der Waals surface area contributed by atoms with Crippen LogP contribution in [-0.4, -0.2) is 20.4 Å². The molecule has 4 nitrogen and oxygen atoms in total. The Labute approximate surface area is 108 Å². The van der Waals surface area contributed by atoms with E-state index in [2.05, 4.69) is 15.9 Å². The predicted octanol–water partition coefficient (Wildman–Crippen LogP) is 2.18. The van der Waals surface area contributed by atoms with E-state index in [0.717, 1.165) is 40.1 Å². The number of rotatable bonds is 3. The van der Waals surface area contributed by atoms with Crippen molar-refractivity contribution in [3.05, 3.63) is 16.1 Å². The SMILES string of the molecule is COc1c(C2(CN)CC2)cc2c(c1Br)OCO2. The largest absolute Gasteiger partial charge is 0.495 e. The minimum absolute atomic E-state index is 0.0643. The molecule has 0 bridgehead atoms. The van der Waals surface area contributed by atoms with Crippen molar-refractivity contribution in [1.29, 1.82) is 0 Å². The Bertz CT molecular complexity index is 471. The van der Waals surface area contributed by atoms with Crippen molar-refractivity contribution in [3.8, 4) is 17.2 Å². The number of hydrogen-bond acceptors (Lipinski definition) is 4. The second kappa shape index (κ2) is 3.78. The summed E-state index contributed by atoms with van der Waals surface area (Å²) in [5, 5.41) is 0. The van der Waals surface area contributed by atoms with Crippen LogP contribution in [0.4, 0.5) is 0 Å². The smallest absolute Gasteiger partial charge is 0.231 e. The summed E-state index contributed by atoms with van der Waals surface area (Å²) in [6.07, 6.45) is 2.21. The maximum absolute atomic E-state index is 5.88. The molecule has 0 saturated heterocycles. The Hall–Kier alpha value is -0.940. The van der Waals surface area contributed by atoms with Gasteiger partial charge < -0.3 is 19.9 Å². The lowest BCUT2D eigenvalue weighted by Crippen LogP contribution is -2.20. The first-order valence-corrected chi connectivity index (χ1v) is 6.38. The Morgan fingerprint density at radius 2 is 2.24 bits per heavy atom. The van der Waals surface area contributed by atoms with Crippen molar-refractivity contribution in [2.75, 3.05) is 20.4 Å². The van der Waals surface area contributed by atoms with Crippen LogP contribution in [0.1, 0.15) is 18.4 Å². The second-order valence-corrected chi connectivity index (χ2v) is 5.28. The minimum atomic E-state index is 0.0643. The molecule has 2 N–H and O–H groups in total. The Balaban J connectivity index is 2.18. The molecule has 5 heteroatoms. The summed E-state index contributed by atoms with van der Waals surface area (Å²) in [5.41, 5.74) is 7.06. The van der Waals surface area contributed by atoms with E-state index in [0.29, 0.717) is 6.54 Å². The van der Waals surface area contributed by atoms with Gasteiger partial charge >= 0.3 is 0 Å². The molecule has 1 saturated carbocycles. The van der Waals surface area contributed by atoms with Gasteiger partial charge in [0, 0.05) is 17.5 Å². The number of fused-ring (bicyclic) bond motifs is 1. The van der Waals surface area contributed by atoms with Crippen LogP contribution in [0.15, 0.2) is 10.5 Å². The van der Waals surface area contributed by atoms with Gasteiger partial charge in [0.1, 0.15) is 10.2 Å². The highest BCUT2D eigenvalue weighted by atomic mass is 79.9. The molecule has 0 atom stereocenters. The number of hydrogen-bond donors (Lipinski definition) is 1. The Morgan fingerprint density at radius 3 is 2.82 bits per heavy atom. The molecule has 1 aromatic rings. The maximum atomic E-state index is 5.88. The predicted molar refractivity (Wildman–Crippen MR) is 66.8 cm³/mol. The van der Waals surface area contributed by atoms with E-state index >= 15 is 0 Å². The van der Waals surface area contributed by atoms with Crippen LogP contribution in [0.2, 0.25) is 0 Å². The van der Waals surface area contributed by atoms with Crippen molar-refractivity contribution in [3.63, 3.8) is 0 Å². The molecule has 3 rings (SSSR count). The van der Waals surface area contributed by atoms with Crippen LogP contribution in [-0.2, 0) is 5.41 Å². The molecule has 1 heterocycles. The van der Waals surface area contributed by atoms with E-state index in [1.807, 2.05) is 6.07 Å². The molecule has 1 aliphatic heterocycles. The zero-order chi connectivity index (χ0) is 12.0. The van der Waals surface area contributed by atoms with Crippen LogP contribution >= 0.6 is 15.9 Å². The number of halogens is 1. The average Bonchev–Trinajstić information content (AvgIpc) is 3.00. The van der Waals surface area contributed by atoms with Gasteiger partial charge in [-0.25, -0.2) is 0 Å². The van der Waals surface area contributed by atoms with Gasteiger partial charge in [0.2, 0.25) is 6.79 Å². The van der Waals surface area contributed by atoms with Gasteiger partial charge in [-0.1, -0.05) is 0 Å². The molecular weight excluding hydrogens is 286 g/mol. The first-order chi connectivity index (χ1) is 8.22. The standard InChI is InChI=1S/C12H14BrNO3/c1-15-10-7(12(5-14)2-3-12)4-8-11(9(10)13)17-6-16-8/h4H,2-3,5-6,14H2,1H3. The summed E-state index contributed by atoms with van der Waals surface area (Å²) < 4.78 is 17.2. The summed E-state index contributed by atoms with van der Waals surface area (Å²) in [7, 11) is 1.67. The Morgan fingerprint density at radius 1 is 1.47 bits per heavy atom. The third kappa shape index (κ3) is 1.52. The van der Waals surface area contributed by atoms with Crippen molar-refractivity contribution in [1.82, 2.24) is 0 Å². The fourth-order valence-electron chi connectivity index (χ4n) is 2.31. The average molecular weight is 300 g/mol. The zero-order valence-corrected chi connectivity index (χ0v) is 11.2. The highest BCUT2D eigenvalue weighted by molar-refractivity contribution is 9.10. The second-order valence-electron chi connectivity index (χ2n) is 4.49. The van der Waals surface area contributed by atoms with Crippen molar-refractivity contribution >= 4 is 15.9 Å². The number of methoxy groups -OCH3 is 1. The minimum Gasteiger partial charge on any atom is -0.495 e. The third-order valence-electron chi connectivity index (χ3n) is 3.58. The van der Waals surface area contributed by atoms with Crippen molar-refractivity contribution in [2.45, 2.75) is 18.3 Å². The molecule has 17 heavy (non-hydrogen) atoms. The topological polar surface area (TPSA) is 53.7 Å². The number of nitrogens with two attached hydrogens (primary N) is 1. The highest BCUT2D eigenvalue weighted by Crippen LogP contribution is 2.56. The van der Waals surface area contributed by atoms with Crippen molar-refractivity contribution < 1.29 is 14.2 Å². The zero-order valence-electron chi connectivity index (χ0n) is 9.59. The first kappa shape index (κ1) is 11.2. The molecule has 2 aliphatic rings. The molecule has 0 radical (unpaired) electrons. The molecule has 0 unspecified atom stereocenters. The van der Waals surface area contributed by atoms with Gasteiger partial charge in [0.15, 0.2) is 11.5 Å². The summed E-state index contributed by atoms with van der Waals surface area (Å²) in [6.45, 7) is 0.894. The van der Waals surface area contributed by atoms with E-state index in [-0.39, 0.29) is 12.2 Å². The molecule has 0 spiro atoms. The molecule has 1 aromatic carbocycles. The molecule has 0 amide bonds. The van der Waals surface area contributed by atoms with Crippen LogP contribution in [0.5, 0.6) is 17.2 Å². The van der Waals surface area contributed by atoms with Gasteiger partial charge in [0.25, 0.3) is 0 Å². The first-order valence-electron chi connectivity index (χ1n) is 5.58. The summed E-state index contributed by atoms with van der Waals surface area (Å²) in [5.74, 6) is 2.31. The van der Waals surface area contributed by atoms with Crippen LogP contribution in [0, 0.1) is 0 Å². The van der Waals surface area contributed by atoms with E-state index < -0.39 is 0 Å². The summed E-state index contributed by atoms with van der Waals surface area (Å²) in [6, 6.07) is 2.01. The lowest BCUT2D eigenvalue weighted by Gasteiger charge is -2.19. The van der Waals surface area contributed by atoms with Crippen LogP contribution in [0.3, 0.4) is 0 Å². The quantitative estimate of drug-likeness (QED) is 0.929. The van der Waals surface area contributed by atoms with E-state index in [9.17, 15) is 0 Å².